The smallest absolute Gasteiger partial charge is 0.155 e. The number of hydrogen-bond acceptors (Lipinski definition) is 1. The van der Waals surface area contributed by atoms with Crippen LogP contribution in [0.15, 0.2) is 24.4 Å². The summed E-state index contributed by atoms with van der Waals surface area (Å²) in [5.74, 6) is 0.197. The summed E-state index contributed by atoms with van der Waals surface area (Å²) in [5.41, 5.74) is -0.563. The van der Waals surface area contributed by atoms with Crippen LogP contribution in [0, 0.1) is 5.92 Å². The molecule has 1 aromatic rings. The highest BCUT2D eigenvalue weighted by molar-refractivity contribution is 5.15. The van der Waals surface area contributed by atoms with Gasteiger partial charge in [0.2, 0.25) is 0 Å². The van der Waals surface area contributed by atoms with E-state index in [0.29, 0.717) is 12.1 Å². The molecule has 0 aliphatic heterocycles. The van der Waals surface area contributed by atoms with Crippen LogP contribution in [0.1, 0.15) is 38.3 Å². The number of pyridine rings is 1. The van der Waals surface area contributed by atoms with Crippen LogP contribution >= 0.6 is 0 Å². The molecule has 0 N–H and O–H groups in total. The van der Waals surface area contributed by atoms with Crippen molar-refractivity contribution in [2.75, 3.05) is 0 Å². The fourth-order valence-corrected chi connectivity index (χ4v) is 2.15. The quantitative estimate of drug-likeness (QED) is 0.716. The van der Waals surface area contributed by atoms with Crippen LogP contribution in [-0.2, 0) is 5.67 Å². The van der Waals surface area contributed by atoms with Gasteiger partial charge in [-0.1, -0.05) is 19.4 Å². The van der Waals surface area contributed by atoms with Crippen molar-refractivity contribution in [3.63, 3.8) is 0 Å². The molecule has 1 saturated carbocycles. The molecule has 1 heterocycles. The summed E-state index contributed by atoms with van der Waals surface area (Å²) in [4.78, 5) is 4.15. The first-order valence-corrected chi connectivity index (χ1v) is 5.38. The molecule has 0 saturated heterocycles. The van der Waals surface area contributed by atoms with Crippen molar-refractivity contribution in [1.82, 2.24) is 4.98 Å². The van der Waals surface area contributed by atoms with Crippen molar-refractivity contribution in [3.8, 4) is 0 Å². The van der Waals surface area contributed by atoms with Gasteiger partial charge in [0.15, 0.2) is 5.67 Å². The summed E-state index contributed by atoms with van der Waals surface area (Å²) in [7, 11) is 0. The minimum absolute atomic E-state index is 0.197. The van der Waals surface area contributed by atoms with Crippen LogP contribution in [0.3, 0.4) is 0 Å². The van der Waals surface area contributed by atoms with Gasteiger partial charge in [-0.25, -0.2) is 4.39 Å². The monoisotopic (exact) mass is 193 g/mol. The fourth-order valence-electron chi connectivity index (χ4n) is 2.15. The molecular formula is C12H16FN. The lowest BCUT2D eigenvalue weighted by molar-refractivity contribution is 0.0202. The standard InChI is InChI=1S/C12H16FN/c1-2-12(13,10-6-5-7-10)11-8-3-4-9-14-11/h3-4,8-10H,2,5-7H2,1H3. The molecule has 1 unspecified atom stereocenters. The van der Waals surface area contributed by atoms with Gasteiger partial charge < -0.3 is 0 Å². The first-order chi connectivity index (χ1) is 6.77. The van der Waals surface area contributed by atoms with Gasteiger partial charge in [0.25, 0.3) is 0 Å². The third-order valence-electron chi connectivity index (χ3n) is 3.36. The van der Waals surface area contributed by atoms with E-state index in [1.807, 2.05) is 25.1 Å². The van der Waals surface area contributed by atoms with Crippen molar-refractivity contribution in [1.29, 1.82) is 0 Å². The maximum atomic E-state index is 14.6. The Kier molecular flexibility index (Phi) is 2.53. The van der Waals surface area contributed by atoms with Gasteiger partial charge in [-0.2, -0.15) is 0 Å². The van der Waals surface area contributed by atoms with Crippen LogP contribution in [0.5, 0.6) is 0 Å². The zero-order valence-corrected chi connectivity index (χ0v) is 8.54. The molecular weight excluding hydrogens is 177 g/mol. The SMILES string of the molecule is CCC(F)(c1ccccn1)C1CCC1. The molecule has 0 radical (unpaired) electrons. The van der Waals surface area contributed by atoms with Gasteiger partial charge in [0.1, 0.15) is 0 Å². The molecule has 1 aromatic heterocycles. The normalized spacial score (nSPS) is 21.3. The van der Waals surface area contributed by atoms with Gasteiger partial charge in [-0.3, -0.25) is 4.98 Å². The zero-order chi connectivity index (χ0) is 10.0. The number of hydrogen-bond donors (Lipinski definition) is 0. The van der Waals surface area contributed by atoms with Crippen molar-refractivity contribution in [2.24, 2.45) is 5.92 Å². The van der Waals surface area contributed by atoms with E-state index >= 15 is 0 Å². The third-order valence-corrected chi connectivity index (χ3v) is 3.36. The largest absolute Gasteiger partial charge is 0.258 e. The predicted octanol–water partition coefficient (Wildman–Crippen LogP) is 3.46. The maximum absolute atomic E-state index is 14.6. The lowest BCUT2D eigenvalue weighted by Crippen LogP contribution is -2.35. The molecule has 1 fully saturated rings. The molecule has 0 aromatic carbocycles. The van der Waals surface area contributed by atoms with E-state index in [4.69, 9.17) is 0 Å². The van der Waals surface area contributed by atoms with Gasteiger partial charge in [-0.05, 0) is 37.3 Å². The molecule has 2 heteroatoms. The third kappa shape index (κ3) is 1.43. The first-order valence-electron chi connectivity index (χ1n) is 5.38. The lowest BCUT2D eigenvalue weighted by Gasteiger charge is -2.38. The highest BCUT2D eigenvalue weighted by Crippen LogP contribution is 2.46. The molecule has 14 heavy (non-hydrogen) atoms. The molecule has 0 spiro atoms. The fraction of sp³-hybridized carbons (Fsp3) is 0.583. The summed E-state index contributed by atoms with van der Waals surface area (Å²) >= 11 is 0. The van der Waals surface area contributed by atoms with Gasteiger partial charge in [0, 0.05) is 6.20 Å². The summed E-state index contributed by atoms with van der Waals surface area (Å²) in [6.07, 6.45) is 5.41. The highest BCUT2D eigenvalue weighted by Gasteiger charge is 2.43. The zero-order valence-electron chi connectivity index (χ0n) is 8.54. The first kappa shape index (κ1) is 9.63. The Morgan fingerprint density at radius 3 is 2.71 bits per heavy atom. The average molecular weight is 193 g/mol. The molecule has 1 atom stereocenters. The second-order valence-corrected chi connectivity index (χ2v) is 4.06. The summed E-state index contributed by atoms with van der Waals surface area (Å²) in [6.45, 7) is 1.91. The number of halogens is 1. The van der Waals surface area contributed by atoms with Crippen molar-refractivity contribution in [2.45, 2.75) is 38.3 Å². The van der Waals surface area contributed by atoms with Crippen LogP contribution in [0.4, 0.5) is 4.39 Å². The number of aromatic nitrogens is 1. The Bertz CT molecular complexity index is 294. The van der Waals surface area contributed by atoms with Crippen LogP contribution in [0.2, 0.25) is 0 Å². The van der Waals surface area contributed by atoms with E-state index in [9.17, 15) is 4.39 Å². The Morgan fingerprint density at radius 2 is 2.29 bits per heavy atom. The molecule has 0 bridgehead atoms. The van der Waals surface area contributed by atoms with Gasteiger partial charge in [-0.15, -0.1) is 0 Å². The van der Waals surface area contributed by atoms with E-state index in [0.717, 1.165) is 12.8 Å². The Hall–Kier alpha value is -0.920. The van der Waals surface area contributed by atoms with Crippen LogP contribution < -0.4 is 0 Å². The van der Waals surface area contributed by atoms with Crippen molar-refractivity contribution < 1.29 is 4.39 Å². The Morgan fingerprint density at radius 1 is 1.50 bits per heavy atom. The number of alkyl halides is 1. The Labute approximate surface area is 84.4 Å². The molecule has 2 rings (SSSR count). The summed E-state index contributed by atoms with van der Waals surface area (Å²) < 4.78 is 14.6. The van der Waals surface area contributed by atoms with Crippen molar-refractivity contribution >= 4 is 0 Å². The topological polar surface area (TPSA) is 12.9 Å². The number of nitrogens with zero attached hydrogens (tertiary/aromatic N) is 1. The minimum Gasteiger partial charge on any atom is -0.258 e. The molecule has 1 aliphatic carbocycles. The second kappa shape index (κ2) is 3.68. The maximum Gasteiger partial charge on any atom is 0.155 e. The van der Waals surface area contributed by atoms with Crippen LogP contribution in [-0.4, -0.2) is 4.98 Å². The molecule has 1 aliphatic rings. The summed E-state index contributed by atoms with van der Waals surface area (Å²) in [5, 5.41) is 0. The highest BCUT2D eigenvalue weighted by atomic mass is 19.1. The van der Waals surface area contributed by atoms with Gasteiger partial charge >= 0.3 is 0 Å². The van der Waals surface area contributed by atoms with E-state index in [-0.39, 0.29) is 5.92 Å². The van der Waals surface area contributed by atoms with Crippen LogP contribution in [0.25, 0.3) is 0 Å². The van der Waals surface area contributed by atoms with E-state index in [2.05, 4.69) is 4.98 Å². The van der Waals surface area contributed by atoms with E-state index in [1.165, 1.54) is 6.42 Å². The minimum atomic E-state index is -1.18. The van der Waals surface area contributed by atoms with Gasteiger partial charge in [0.05, 0.1) is 5.69 Å². The Balaban J connectivity index is 2.27. The number of rotatable bonds is 3. The van der Waals surface area contributed by atoms with Crippen molar-refractivity contribution in [3.05, 3.63) is 30.1 Å². The van der Waals surface area contributed by atoms with E-state index in [1.54, 1.807) is 6.20 Å². The lowest BCUT2D eigenvalue weighted by atomic mass is 9.71. The average Bonchev–Trinajstić information content (AvgIpc) is 2.16. The van der Waals surface area contributed by atoms with E-state index < -0.39 is 5.67 Å². The molecule has 76 valence electrons. The molecule has 1 nitrogen and oxygen atoms in total. The predicted molar refractivity (Wildman–Crippen MR) is 54.7 cm³/mol. The second-order valence-electron chi connectivity index (χ2n) is 4.06. The summed E-state index contributed by atoms with van der Waals surface area (Å²) in [6, 6.07) is 5.51. The molecule has 0 amide bonds.